The fourth-order valence-electron chi connectivity index (χ4n) is 1.25. The quantitative estimate of drug-likeness (QED) is 0.709. The van der Waals surface area contributed by atoms with E-state index >= 15 is 0 Å². The van der Waals surface area contributed by atoms with Gasteiger partial charge in [0.25, 0.3) is 0 Å². The molecule has 1 aromatic heterocycles. The average molecular weight is 194 g/mol. The maximum Gasteiger partial charge on any atom is 0.250 e. The van der Waals surface area contributed by atoms with Gasteiger partial charge in [0.2, 0.25) is 11.8 Å². The van der Waals surface area contributed by atoms with Gasteiger partial charge in [0.05, 0.1) is 25.1 Å². The number of carbonyl (C=O) groups excluding carboxylic acids is 1. The molecule has 5 nitrogen and oxygen atoms in total. The first-order valence-corrected chi connectivity index (χ1v) is 4.21. The van der Waals surface area contributed by atoms with Crippen molar-refractivity contribution in [2.24, 2.45) is 0 Å². The smallest absolute Gasteiger partial charge is 0.250 e. The number of nitrogens with one attached hydrogen (secondary N) is 1. The molecule has 0 unspecified atom stereocenters. The Kier molecular flexibility index (Phi) is 2.32. The Hall–Kier alpha value is -1.62. The van der Waals surface area contributed by atoms with E-state index in [9.17, 15) is 4.79 Å². The molecule has 0 saturated heterocycles. The highest BCUT2D eigenvalue weighted by atomic mass is 16.5. The normalized spacial score (nSPS) is 15.4. The number of aromatic nitrogens is 1. The number of carbonyl (C=O) groups is 1. The monoisotopic (exact) mass is 194 g/mol. The lowest BCUT2D eigenvalue weighted by molar-refractivity contribution is -0.120. The molecule has 0 atom stereocenters. The van der Waals surface area contributed by atoms with Crippen LogP contribution in [0.15, 0.2) is 12.1 Å². The van der Waals surface area contributed by atoms with Crippen molar-refractivity contribution in [2.75, 3.05) is 19.0 Å². The maximum absolute atomic E-state index is 11.1. The summed E-state index contributed by atoms with van der Waals surface area (Å²) in [5.74, 6) is 0.360. The zero-order valence-corrected chi connectivity index (χ0v) is 7.74. The van der Waals surface area contributed by atoms with Crippen LogP contribution in [0.25, 0.3) is 0 Å². The van der Waals surface area contributed by atoms with Crippen LogP contribution >= 0.6 is 0 Å². The minimum atomic E-state index is -0.157. The highest BCUT2D eigenvalue weighted by molar-refractivity contribution is 5.92. The number of hydrogen-bond acceptors (Lipinski definition) is 4. The predicted molar refractivity (Wildman–Crippen MR) is 49.1 cm³/mol. The van der Waals surface area contributed by atoms with E-state index in [1.807, 2.05) is 0 Å². The Bertz CT molecular complexity index is 365. The number of anilines is 1. The summed E-state index contributed by atoms with van der Waals surface area (Å²) >= 11 is 0. The molecule has 0 radical (unpaired) electrons. The fraction of sp³-hybridized carbons (Fsp3) is 0.333. The highest BCUT2D eigenvalue weighted by Gasteiger charge is 2.14. The van der Waals surface area contributed by atoms with Gasteiger partial charge < -0.3 is 14.8 Å². The van der Waals surface area contributed by atoms with Gasteiger partial charge in [0.1, 0.15) is 6.61 Å². The van der Waals surface area contributed by atoms with Gasteiger partial charge in [-0.25, -0.2) is 4.98 Å². The Balaban J connectivity index is 2.35. The van der Waals surface area contributed by atoms with Gasteiger partial charge in [-0.1, -0.05) is 0 Å². The molecule has 0 bridgehead atoms. The van der Waals surface area contributed by atoms with Crippen LogP contribution in [0.2, 0.25) is 0 Å². The van der Waals surface area contributed by atoms with Crippen LogP contribution < -0.4 is 10.1 Å². The lowest BCUT2D eigenvalue weighted by Gasteiger charge is -2.05. The number of amides is 1. The number of fused-ring (bicyclic) bond motifs is 1. The number of methoxy groups -OCH3 is 1. The van der Waals surface area contributed by atoms with Crippen molar-refractivity contribution in [1.29, 1.82) is 0 Å². The number of nitrogens with zero attached hydrogens (tertiary/aromatic N) is 1. The average Bonchev–Trinajstić information content (AvgIpc) is 2.37. The van der Waals surface area contributed by atoms with E-state index in [1.54, 1.807) is 19.2 Å². The molecule has 74 valence electrons. The number of pyridine rings is 1. The Morgan fingerprint density at radius 2 is 2.36 bits per heavy atom. The van der Waals surface area contributed by atoms with Gasteiger partial charge in [-0.3, -0.25) is 4.79 Å². The molecule has 1 N–H and O–H groups in total. The number of hydrogen-bond donors (Lipinski definition) is 1. The van der Waals surface area contributed by atoms with E-state index in [2.05, 4.69) is 10.3 Å². The molecule has 0 saturated carbocycles. The molecule has 0 spiro atoms. The van der Waals surface area contributed by atoms with Crippen LogP contribution in [0.1, 0.15) is 5.69 Å². The van der Waals surface area contributed by atoms with E-state index in [0.29, 0.717) is 23.9 Å². The van der Waals surface area contributed by atoms with E-state index in [1.165, 1.54) is 0 Å². The van der Waals surface area contributed by atoms with Crippen LogP contribution in [0.4, 0.5) is 5.69 Å². The summed E-state index contributed by atoms with van der Waals surface area (Å²) < 4.78 is 10.1. The summed E-state index contributed by atoms with van der Waals surface area (Å²) in [6.07, 6.45) is 0. The lowest BCUT2D eigenvalue weighted by atomic mass is 10.3. The first kappa shape index (κ1) is 8.96. The number of rotatable bonds is 1. The van der Waals surface area contributed by atoms with Gasteiger partial charge in [-0.15, -0.1) is 0 Å². The first-order valence-electron chi connectivity index (χ1n) is 4.21. The summed E-state index contributed by atoms with van der Waals surface area (Å²) in [6, 6.07) is 3.46. The third-order valence-corrected chi connectivity index (χ3v) is 1.90. The van der Waals surface area contributed by atoms with Crippen molar-refractivity contribution < 1.29 is 14.3 Å². The van der Waals surface area contributed by atoms with Gasteiger partial charge in [-0.2, -0.15) is 0 Å². The van der Waals surface area contributed by atoms with E-state index in [-0.39, 0.29) is 12.5 Å². The minimum absolute atomic E-state index is 0.0681. The van der Waals surface area contributed by atoms with Crippen molar-refractivity contribution in [3.05, 3.63) is 17.8 Å². The minimum Gasteiger partial charge on any atom is -0.481 e. The SMILES string of the molecule is COc1ccc2c(n1)COCC(=O)N2. The maximum atomic E-state index is 11.1. The molecule has 1 aliphatic heterocycles. The first-order chi connectivity index (χ1) is 6.79. The molecule has 1 aromatic rings. The lowest BCUT2D eigenvalue weighted by Crippen LogP contribution is -2.14. The third kappa shape index (κ3) is 1.67. The molecule has 0 aliphatic carbocycles. The fourth-order valence-corrected chi connectivity index (χ4v) is 1.25. The summed E-state index contributed by atoms with van der Waals surface area (Å²) in [6.45, 7) is 0.393. The van der Waals surface area contributed by atoms with E-state index in [0.717, 1.165) is 0 Å². The summed E-state index contributed by atoms with van der Waals surface area (Å²) in [4.78, 5) is 15.3. The van der Waals surface area contributed by atoms with Crippen molar-refractivity contribution >= 4 is 11.6 Å². The molecule has 2 heterocycles. The molecule has 14 heavy (non-hydrogen) atoms. The standard InChI is InChI=1S/C9H10N2O3/c1-13-9-3-2-6-7(11-9)4-14-5-8(12)10-6/h2-3H,4-5H2,1H3,(H,10,12). The largest absolute Gasteiger partial charge is 0.481 e. The summed E-state index contributed by atoms with van der Waals surface area (Å²) in [7, 11) is 1.55. The topological polar surface area (TPSA) is 60.5 Å². The van der Waals surface area contributed by atoms with Crippen molar-refractivity contribution in [1.82, 2.24) is 4.98 Å². The van der Waals surface area contributed by atoms with Crippen molar-refractivity contribution in [3.8, 4) is 5.88 Å². The molecular formula is C9H10N2O3. The molecule has 2 rings (SSSR count). The Morgan fingerprint density at radius 3 is 3.14 bits per heavy atom. The zero-order valence-electron chi connectivity index (χ0n) is 7.74. The van der Waals surface area contributed by atoms with Crippen LogP contribution in [0.3, 0.4) is 0 Å². The second-order valence-corrected chi connectivity index (χ2v) is 2.89. The van der Waals surface area contributed by atoms with Crippen LogP contribution in [-0.2, 0) is 16.1 Å². The molecule has 5 heteroatoms. The van der Waals surface area contributed by atoms with Gasteiger partial charge in [0, 0.05) is 6.07 Å². The van der Waals surface area contributed by atoms with Crippen molar-refractivity contribution in [2.45, 2.75) is 6.61 Å². The molecule has 0 fully saturated rings. The van der Waals surface area contributed by atoms with Crippen LogP contribution in [0, 0.1) is 0 Å². The van der Waals surface area contributed by atoms with Gasteiger partial charge >= 0.3 is 0 Å². The van der Waals surface area contributed by atoms with E-state index < -0.39 is 0 Å². The van der Waals surface area contributed by atoms with Crippen molar-refractivity contribution in [3.63, 3.8) is 0 Å². The van der Waals surface area contributed by atoms with Gasteiger partial charge in [0.15, 0.2) is 0 Å². The summed E-state index contributed by atoms with van der Waals surface area (Å²) in [5.41, 5.74) is 1.38. The second-order valence-electron chi connectivity index (χ2n) is 2.89. The molecule has 1 amide bonds. The van der Waals surface area contributed by atoms with Crippen LogP contribution in [0.5, 0.6) is 5.88 Å². The highest BCUT2D eigenvalue weighted by Crippen LogP contribution is 2.20. The summed E-state index contributed by atoms with van der Waals surface area (Å²) in [5, 5.41) is 2.69. The molecule has 1 aliphatic rings. The zero-order chi connectivity index (χ0) is 9.97. The Morgan fingerprint density at radius 1 is 1.50 bits per heavy atom. The predicted octanol–water partition coefficient (Wildman–Crippen LogP) is 0.559. The molecular weight excluding hydrogens is 184 g/mol. The third-order valence-electron chi connectivity index (χ3n) is 1.90. The second kappa shape index (κ2) is 3.63. The van der Waals surface area contributed by atoms with Crippen LogP contribution in [-0.4, -0.2) is 24.6 Å². The molecule has 0 aromatic carbocycles. The number of ether oxygens (including phenoxy) is 2. The Labute approximate surface area is 81.0 Å². The van der Waals surface area contributed by atoms with E-state index in [4.69, 9.17) is 9.47 Å². The van der Waals surface area contributed by atoms with Gasteiger partial charge in [-0.05, 0) is 6.07 Å².